The fourth-order valence-electron chi connectivity index (χ4n) is 4.05. The lowest BCUT2D eigenvalue weighted by molar-refractivity contribution is -0.140. The first kappa shape index (κ1) is 30.6. The molecular formula is C30H36FN3O5S. The molecule has 0 radical (unpaired) electrons. The van der Waals surface area contributed by atoms with Gasteiger partial charge in [-0.3, -0.25) is 13.9 Å². The number of halogens is 1. The number of sulfonamides is 1. The quantitative estimate of drug-likeness (QED) is 0.383. The van der Waals surface area contributed by atoms with Crippen molar-refractivity contribution in [3.05, 3.63) is 89.7 Å². The molecule has 0 heterocycles. The third kappa shape index (κ3) is 7.38. The van der Waals surface area contributed by atoms with Gasteiger partial charge in [-0.15, -0.1) is 0 Å². The van der Waals surface area contributed by atoms with E-state index in [9.17, 15) is 22.4 Å². The van der Waals surface area contributed by atoms with Gasteiger partial charge in [0.25, 0.3) is 10.0 Å². The van der Waals surface area contributed by atoms with Crippen LogP contribution in [0.2, 0.25) is 0 Å². The Morgan fingerprint density at radius 3 is 2.17 bits per heavy atom. The van der Waals surface area contributed by atoms with E-state index in [2.05, 4.69) is 5.32 Å². The molecule has 0 fully saturated rings. The molecule has 3 aromatic carbocycles. The Labute approximate surface area is 235 Å². The van der Waals surface area contributed by atoms with Gasteiger partial charge in [-0.2, -0.15) is 0 Å². The van der Waals surface area contributed by atoms with Gasteiger partial charge >= 0.3 is 0 Å². The Hall–Kier alpha value is -3.92. The molecule has 0 saturated heterocycles. The van der Waals surface area contributed by atoms with Crippen LogP contribution in [0, 0.1) is 12.7 Å². The van der Waals surface area contributed by atoms with Gasteiger partial charge in [-0.05, 0) is 65.0 Å². The second-order valence-corrected chi connectivity index (χ2v) is 12.4. The molecule has 0 aliphatic carbocycles. The lowest BCUT2D eigenvalue weighted by atomic mass is 10.1. The maximum absolute atomic E-state index is 14.7. The van der Waals surface area contributed by atoms with Crippen LogP contribution in [0.3, 0.4) is 0 Å². The summed E-state index contributed by atoms with van der Waals surface area (Å²) in [5.74, 6) is -1.45. The molecule has 1 atom stereocenters. The van der Waals surface area contributed by atoms with Crippen molar-refractivity contribution in [2.75, 3.05) is 18.0 Å². The molecular weight excluding hydrogens is 533 g/mol. The second-order valence-electron chi connectivity index (χ2n) is 10.5. The van der Waals surface area contributed by atoms with Crippen LogP contribution in [0.25, 0.3) is 0 Å². The Morgan fingerprint density at radius 2 is 1.57 bits per heavy atom. The van der Waals surface area contributed by atoms with Gasteiger partial charge in [-0.1, -0.05) is 48.0 Å². The fraction of sp³-hybridized carbons (Fsp3) is 0.333. The summed E-state index contributed by atoms with van der Waals surface area (Å²) in [6.45, 7) is 7.88. The largest absolute Gasteiger partial charge is 0.495 e. The highest BCUT2D eigenvalue weighted by Crippen LogP contribution is 2.32. The minimum atomic E-state index is -4.26. The highest BCUT2D eigenvalue weighted by molar-refractivity contribution is 7.92. The van der Waals surface area contributed by atoms with E-state index in [-0.39, 0.29) is 28.4 Å². The summed E-state index contributed by atoms with van der Waals surface area (Å²) in [5, 5.41) is 2.84. The van der Waals surface area contributed by atoms with Gasteiger partial charge in [0, 0.05) is 17.6 Å². The molecule has 2 amide bonds. The number of benzene rings is 3. The molecule has 8 nitrogen and oxygen atoms in total. The smallest absolute Gasteiger partial charge is 0.264 e. The number of hydrogen-bond donors (Lipinski definition) is 1. The molecule has 0 aliphatic heterocycles. The molecule has 3 aromatic rings. The van der Waals surface area contributed by atoms with Gasteiger partial charge in [0.2, 0.25) is 11.8 Å². The molecule has 1 unspecified atom stereocenters. The SMILES string of the molecule is COc1ccccc1N(CC(=O)N(Cc1ccccc1F)C(C)C(=O)NC(C)(C)C)S(=O)(=O)c1ccc(C)cc1. The van der Waals surface area contributed by atoms with Crippen molar-refractivity contribution in [2.45, 2.75) is 57.6 Å². The summed E-state index contributed by atoms with van der Waals surface area (Å²) in [4.78, 5) is 28.3. The highest BCUT2D eigenvalue weighted by atomic mass is 32.2. The van der Waals surface area contributed by atoms with E-state index in [1.165, 1.54) is 55.3 Å². The Morgan fingerprint density at radius 1 is 0.975 bits per heavy atom. The maximum Gasteiger partial charge on any atom is 0.264 e. The van der Waals surface area contributed by atoms with Crippen LogP contribution in [0.15, 0.2) is 77.7 Å². The van der Waals surface area contributed by atoms with E-state index in [0.717, 1.165) is 9.87 Å². The highest BCUT2D eigenvalue weighted by Gasteiger charge is 2.34. The van der Waals surface area contributed by atoms with Crippen molar-refractivity contribution < 1.29 is 27.1 Å². The van der Waals surface area contributed by atoms with Gasteiger partial charge in [0.15, 0.2) is 0 Å². The van der Waals surface area contributed by atoms with Crippen molar-refractivity contribution >= 4 is 27.5 Å². The standard InChI is InChI=1S/C30H36FN3O5S/c1-21-15-17-24(18-16-21)40(37,38)34(26-13-9-10-14-27(26)39-6)20-28(35)33(19-23-11-7-8-12-25(23)31)22(2)29(36)32-30(3,4)5/h7-18,22H,19-20H2,1-6H3,(H,32,36). The van der Waals surface area contributed by atoms with E-state index in [1.54, 1.807) is 57.2 Å². The monoisotopic (exact) mass is 569 g/mol. The average Bonchev–Trinajstić information content (AvgIpc) is 2.90. The fourth-order valence-corrected chi connectivity index (χ4v) is 5.48. The van der Waals surface area contributed by atoms with Crippen molar-refractivity contribution in [3.63, 3.8) is 0 Å². The number of para-hydroxylation sites is 2. The molecule has 0 spiro atoms. The molecule has 214 valence electrons. The van der Waals surface area contributed by atoms with Crippen LogP contribution < -0.4 is 14.4 Å². The van der Waals surface area contributed by atoms with Crippen LogP contribution in [-0.2, 0) is 26.2 Å². The molecule has 10 heteroatoms. The van der Waals surface area contributed by atoms with Crippen molar-refractivity contribution in [2.24, 2.45) is 0 Å². The first-order chi connectivity index (χ1) is 18.7. The first-order valence-electron chi connectivity index (χ1n) is 12.8. The third-order valence-electron chi connectivity index (χ3n) is 6.21. The normalized spacial score (nSPS) is 12.4. The summed E-state index contributed by atoms with van der Waals surface area (Å²) in [6.07, 6.45) is 0. The summed E-state index contributed by atoms with van der Waals surface area (Å²) >= 11 is 0. The number of anilines is 1. The Kier molecular flexibility index (Phi) is 9.57. The van der Waals surface area contributed by atoms with Crippen molar-refractivity contribution in [1.82, 2.24) is 10.2 Å². The molecule has 0 aliphatic rings. The molecule has 40 heavy (non-hydrogen) atoms. The second kappa shape index (κ2) is 12.5. The number of nitrogens with one attached hydrogen (secondary N) is 1. The van der Waals surface area contributed by atoms with Crippen LogP contribution in [0.1, 0.15) is 38.8 Å². The third-order valence-corrected chi connectivity index (χ3v) is 7.98. The van der Waals surface area contributed by atoms with Gasteiger partial charge in [0.05, 0.1) is 17.7 Å². The van der Waals surface area contributed by atoms with Crippen LogP contribution >= 0.6 is 0 Å². The van der Waals surface area contributed by atoms with Crippen molar-refractivity contribution in [1.29, 1.82) is 0 Å². The zero-order valence-corrected chi connectivity index (χ0v) is 24.5. The van der Waals surface area contributed by atoms with Crippen LogP contribution in [-0.4, -0.2) is 50.4 Å². The summed E-state index contributed by atoms with van der Waals surface area (Å²) in [7, 11) is -2.85. The Bertz CT molecular complexity index is 1450. The molecule has 0 aromatic heterocycles. The summed E-state index contributed by atoms with van der Waals surface area (Å²) < 4.78 is 48.9. The van der Waals surface area contributed by atoms with E-state index in [0.29, 0.717) is 0 Å². The number of rotatable bonds is 10. The molecule has 3 rings (SSSR count). The molecule has 0 bridgehead atoms. The maximum atomic E-state index is 14.7. The number of nitrogens with zero attached hydrogens (tertiary/aromatic N) is 2. The van der Waals surface area contributed by atoms with E-state index in [1.807, 2.05) is 6.92 Å². The summed E-state index contributed by atoms with van der Waals surface area (Å²) in [6, 6.07) is 17.6. The average molecular weight is 570 g/mol. The summed E-state index contributed by atoms with van der Waals surface area (Å²) in [5.41, 5.74) is 0.623. The zero-order chi connectivity index (χ0) is 29.7. The Balaban J connectivity index is 2.09. The van der Waals surface area contributed by atoms with E-state index in [4.69, 9.17) is 4.74 Å². The van der Waals surface area contributed by atoms with Gasteiger partial charge in [-0.25, -0.2) is 12.8 Å². The number of hydrogen-bond acceptors (Lipinski definition) is 5. The number of carbonyl (C=O) groups is 2. The zero-order valence-electron chi connectivity index (χ0n) is 23.6. The molecule has 1 N–H and O–H groups in total. The number of methoxy groups -OCH3 is 1. The minimum absolute atomic E-state index is 0.0176. The number of carbonyl (C=O) groups excluding carboxylic acids is 2. The van der Waals surface area contributed by atoms with Gasteiger partial charge < -0.3 is 15.0 Å². The van der Waals surface area contributed by atoms with Crippen LogP contribution in [0.4, 0.5) is 10.1 Å². The van der Waals surface area contributed by atoms with Crippen LogP contribution in [0.5, 0.6) is 5.75 Å². The number of ether oxygens (including phenoxy) is 1. The van der Waals surface area contributed by atoms with Crippen molar-refractivity contribution in [3.8, 4) is 5.75 Å². The minimum Gasteiger partial charge on any atom is -0.495 e. The predicted octanol–water partition coefficient (Wildman–Crippen LogP) is 4.67. The van der Waals surface area contributed by atoms with E-state index >= 15 is 0 Å². The van der Waals surface area contributed by atoms with E-state index < -0.39 is 45.8 Å². The predicted molar refractivity (Wildman–Crippen MR) is 153 cm³/mol. The number of aryl methyl sites for hydroxylation is 1. The number of amides is 2. The topological polar surface area (TPSA) is 96.0 Å². The lowest BCUT2D eigenvalue weighted by Gasteiger charge is -2.33. The lowest BCUT2D eigenvalue weighted by Crippen LogP contribution is -2.54. The first-order valence-corrected chi connectivity index (χ1v) is 14.3. The molecule has 0 saturated carbocycles. The van der Waals surface area contributed by atoms with Gasteiger partial charge in [0.1, 0.15) is 24.2 Å².